The summed E-state index contributed by atoms with van der Waals surface area (Å²) in [6, 6.07) is 9.50. The molecule has 0 fully saturated rings. The van der Waals surface area contributed by atoms with Crippen molar-refractivity contribution in [2.24, 2.45) is 0 Å². The summed E-state index contributed by atoms with van der Waals surface area (Å²) in [7, 11) is 0. The van der Waals surface area contributed by atoms with E-state index in [0.29, 0.717) is 37.2 Å². The molecule has 3 aromatic rings. The molecule has 2 N–H and O–H groups in total. The molecule has 4 nitrogen and oxygen atoms in total. The van der Waals surface area contributed by atoms with E-state index in [1.807, 2.05) is 0 Å². The van der Waals surface area contributed by atoms with Gasteiger partial charge in [-0.25, -0.2) is 4.39 Å². The lowest BCUT2D eigenvalue weighted by Gasteiger charge is -2.10. The molecule has 0 atom stereocenters. The van der Waals surface area contributed by atoms with E-state index in [-0.39, 0.29) is 11.7 Å². The Morgan fingerprint density at radius 2 is 1.78 bits per heavy atom. The molecule has 2 aromatic carbocycles. The highest BCUT2D eigenvalue weighted by Crippen LogP contribution is 2.26. The maximum Gasteiger partial charge on any atom is 0.176 e. The molecule has 140 valence electrons. The van der Waals surface area contributed by atoms with Crippen LogP contribution in [-0.4, -0.2) is 14.9 Å². The van der Waals surface area contributed by atoms with E-state index in [2.05, 4.69) is 15.7 Å². The molecule has 27 heavy (non-hydrogen) atoms. The van der Waals surface area contributed by atoms with Gasteiger partial charge in [-0.15, -0.1) is 0 Å². The van der Waals surface area contributed by atoms with Gasteiger partial charge in [0.1, 0.15) is 10.8 Å². The smallest absolute Gasteiger partial charge is 0.176 e. The quantitative estimate of drug-likeness (QED) is 0.433. The molecule has 10 heteroatoms. The van der Waals surface area contributed by atoms with Crippen molar-refractivity contribution in [2.45, 2.75) is 6.54 Å². The second-order valence-electron chi connectivity index (χ2n) is 5.43. The normalized spacial score (nSPS) is 10.7. The standard InChI is InChI=1S/C17H11Cl4FN4S/c18-11-2-1-3-15(22)10(11)7-26-8-14(21)16(25-26)24-17(27)23-9-4-5-12(19)13(20)6-9/h1-6,8H,7H2,(H2,23,24,25,27). The van der Waals surface area contributed by atoms with Gasteiger partial charge < -0.3 is 10.6 Å². The van der Waals surface area contributed by atoms with Crippen molar-refractivity contribution in [1.82, 2.24) is 9.78 Å². The van der Waals surface area contributed by atoms with Crippen LogP contribution >= 0.6 is 58.6 Å². The van der Waals surface area contributed by atoms with E-state index in [1.165, 1.54) is 16.8 Å². The van der Waals surface area contributed by atoms with Gasteiger partial charge in [0.15, 0.2) is 10.9 Å². The van der Waals surface area contributed by atoms with Crippen LogP contribution in [0.1, 0.15) is 5.56 Å². The van der Waals surface area contributed by atoms with E-state index < -0.39 is 5.82 Å². The molecule has 0 amide bonds. The highest BCUT2D eigenvalue weighted by Gasteiger charge is 2.13. The number of thiocarbonyl (C=S) groups is 1. The maximum atomic E-state index is 13.9. The zero-order valence-electron chi connectivity index (χ0n) is 13.4. The van der Waals surface area contributed by atoms with Crippen LogP contribution in [0.2, 0.25) is 20.1 Å². The lowest BCUT2D eigenvalue weighted by molar-refractivity contribution is 0.586. The zero-order valence-corrected chi connectivity index (χ0v) is 17.3. The number of benzene rings is 2. The molecule has 0 aliphatic rings. The molecule has 0 aliphatic carbocycles. The van der Waals surface area contributed by atoms with Crippen molar-refractivity contribution in [3.8, 4) is 0 Å². The van der Waals surface area contributed by atoms with E-state index in [4.69, 9.17) is 58.6 Å². The molecule has 0 saturated carbocycles. The minimum absolute atomic E-state index is 0.125. The van der Waals surface area contributed by atoms with Gasteiger partial charge in [-0.05, 0) is 42.5 Å². The molecule has 1 aromatic heterocycles. The summed E-state index contributed by atoms with van der Waals surface area (Å²) >= 11 is 29.3. The third-order valence-electron chi connectivity index (χ3n) is 3.51. The molecular formula is C17H11Cl4FN4S. The first-order chi connectivity index (χ1) is 12.8. The number of nitrogens with zero attached hydrogens (tertiary/aromatic N) is 2. The summed E-state index contributed by atoms with van der Waals surface area (Å²) in [6.45, 7) is 0.125. The SMILES string of the molecule is Fc1cccc(Cl)c1Cn1cc(Cl)c(NC(=S)Nc2ccc(Cl)c(Cl)c2)n1. The van der Waals surface area contributed by atoms with Crippen LogP contribution in [-0.2, 0) is 6.54 Å². The van der Waals surface area contributed by atoms with Crippen LogP contribution in [0.15, 0.2) is 42.6 Å². The third kappa shape index (κ3) is 5.03. The Bertz CT molecular complexity index is 988. The fourth-order valence-corrected chi connectivity index (χ4v) is 3.18. The summed E-state index contributed by atoms with van der Waals surface area (Å²) in [4.78, 5) is 0. The first-order valence-electron chi connectivity index (χ1n) is 7.52. The highest BCUT2D eigenvalue weighted by atomic mass is 35.5. The maximum absolute atomic E-state index is 13.9. The average molecular weight is 464 g/mol. The molecule has 0 spiro atoms. The molecule has 0 unspecified atom stereocenters. The molecule has 0 saturated heterocycles. The van der Waals surface area contributed by atoms with Gasteiger partial charge in [-0.3, -0.25) is 4.68 Å². The monoisotopic (exact) mass is 462 g/mol. The van der Waals surface area contributed by atoms with E-state index in [1.54, 1.807) is 30.5 Å². The van der Waals surface area contributed by atoms with Crippen molar-refractivity contribution in [3.63, 3.8) is 0 Å². The van der Waals surface area contributed by atoms with Crippen molar-refractivity contribution in [3.05, 3.63) is 74.1 Å². The van der Waals surface area contributed by atoms with E-state index >= 15 is 0 Å². The first-order valence-corrected chi connectivity index (χ1v) is 9.44. The summed E-state index contributed by atoms with van der Waals surface area (Å²) in [5.74, 6) is -0.0953. The predicted molar refractivity (Wildman–Crippen MR) is 114 cm³/mol. The second-order valence-corrected chi connectivity index (χ2v) is 7.47. The number of hydrogen-bond acceptors (Lipinski definition) is 2. The number of hydrogen-bond donors (Lipinski definition) is 2. The van der Waals surface area contributed by atoms with Crippen LogP contribution in [0.4, 0.5) is 15.9 Å². The molecule has 1 heterocycles. The summed E-state index contributed by atoms with van der Waals surface area (Å²) in [6.07, 6.45) is 1.55. The highest BCUT2D eigenvalue weighted by molar-refractivity contribution is 7.80. The minimum Gasteiger partial charge on any atom is -0.332 e. The Kier molecular flexibility index (Phi) is 6.44. The van der Waals surface area contributed by atoms with Crippen molar-refractivity contribution in [2.75, 3.05) is 10.6 Å². The molecule has 0 bridgehead atoms. The summed E-state index contributed by atoms with van der Waals surface area (Å²) in [5, 5.41) is 11.8. The van der Waals surface area contributed by atoms with Gasteiger partial charge in [0.2, 0.25) is 0 Å². The van der Waals surface area contributed by atoms with E-state index in [9.17, 15) is 4.39 Å². The second kappa shape index (κ2) is 8.63. The average Bonchev–Trinajstić information content (AvgIpc) is 2.94. The Morgan fingerprint density at radius 3 is 2.48 bits per heavy atom. The topological polar surface area (TPSA) is 41.9 Å². The van der Waals surface area contributed by atoms with Crippen LogP contribution < -0.4 is 10.6 Å². The van der Waals surface area contributed by atoms with Crippen molar-refractivity contribution < 1.29 is 4.39 Å². The first kappa shape index (κ1) is 20.2. The summed E-state index contributed by atoms with van der Waals surface area (Å²) < 4.78 is 15.4. The lowest BCUT2D eigenvalue weighted by atomic mass is 10.2. The molecule has 0 radical (unpaired) electrons. The van der Waals surface area contributed by atoms with Gasteiger partial charge in [0.25, 0.3) is 0 Å². The van der Waals surface area contributed by atoms with Gasteiger partial charge in [0.05, 0.1) is 16.6 Å². The van der Waals surface area contributed by atoms with Crippen LogP contribution in [0.5, 0.6) is 0 Å². The van der Waals surface area contributed by atoms with Crippen LogP contribution in [0, 0.1) is 5.82 Å². The molecule has 3 rings (SSSR count). The largest absolute Gasteiger partial charge is 0.332 e. The number of aromatic nitrogens is 2. The zero-order chi connectivity index (χ0) is 19.6. The fraction of sp³-hybridized carbons (Fsp3) is 0.0588. The Balaban J connectivity index is 1.71. The number of anilines is 2. The van der Waals surface area contributed by atoms with Gasteiger partial charge in [0, 0.05) is 22.5 Å². The minimum atomic E-state index is -0.416. The van der Waals surface area contributed by atoms with Crippen molar-refractivity contribution >= 4 is 75.2 Å². The number of halogens is 5. The molecular weight excluding hydrogens is 453 g/mol. The Labute approximate surface area is 180 Å². The van der Waals surface area contributed by atoms with Gasteiger partial charge in [-0.2, -0.15) is 5.10 Å². The van der Waals surface area contributed by atoms with E-state index in [0.717, 1.165) is 0 Å². The summed E-state index contributed by atoms with van der Waals surface area (Å²) in [5.41, 5.74) is 0.969. The lowest BCUT2D eigenvalue weighted by Crippen LogP contribution is -2.19. The Hall–Kier alpha value is -1.57. The van der Waals surface area contributed by atoms with Crippen molar-refractivity contribution in [1.29, 1.82) is 0 Å². The number of nitrogens with one attached hydrogen (secondary N) is 2. The third-order valence-corrected chi connectivity index (χ3v) is 5.08. The predicted octanol–water partition coefficient (Wildman–Crippen LogP) is 6.49. The molecule has 0 aliphatic heterocycles. The Morgan fingerprint density at radius 1 is 1.00 bits per heavy atom. The fourth-order valence-electron chi connectivity index (χ4n) is 2.25. The van der Waals surface area contributed by atoms with Crippen LogP contribution in [0.25, 0.3) is 0 Å². The van der Waals surface area contributed by atoms with Gasteiger partial charge in [-0.1, -0.05) is 52.5 Å². The van der Waals surface area contributed by atoms with Gasteiger partial charge >= 0.3 is 0 Å². The van der Waals surface area contributed by atoms with Crippen LogP contribution in [0.3, 0.4) is 0 Å². The number of rotatable bonds is 4.